The molecule has 0 saturated carbocycles. The number of benzene rings is 1. The predicted octanol–water partition coefficient (Wildman–Crippen LogP) is 1.96. The third-order valence-electron chi connectivity index (χ3n) is 2.58. The van der Waals surface area contributed by atoms with Crippen LogP contribution in [0.25, 0.3) is 0 Å². The van der Waals surface area contributed by atoms with Crippen molar-refractivity contribution in [1.82, 2.24) is 14.8 Å². The first kappa shape index (κ1) is 14.0. The second-order valence-corrected chi connectivity index (χ2v) is 6.35. The van der Waals surface area contributed by atoms with Crippen LogP contribution in [-0.2, 0) is 22.0 Å². The first-order chi connectivity index (χ1) is 8.91. The third-order valence-corrected chi connectivity index (χ3v) is 3.73. The van der Waals surface area contributed by atoms with Crippen LogP contribution in [0.2, 0.25) is 0 Å². The van der Waals surface area contributed by atoms with Crippen LogP contribution in [0.3, 0.4) is 0 Å². The van der Waals surface area contributed by atoms with Crippen molar-refractivity contribution in [3.8, 4) is 0 Å². The van der Waals surface area contributed by atoms with E-state index in [-0.39, 0.29) is 17.4 Å². The molecule has 0 atom stereocenters. The molecule has 19 heavy (non-hydrogen) atoms. The highest BCUT2D eigenvalue weighted by molar-refractivity contribution is 8.13. The summed E-state index contributed by atoms with van der Waals surface area (Å²) in [7, 11) is 1.34. The monoisotopic (exact) mass is 303 g/mol. The zero-order valence-electron chi connectivity index (χ0n) is 10.0. The van der Waals surface area contributed by atoms with Gasteiger partial charge in [-0.05, 0) is 24.6 Å². The van der Waals surface area contributed by atoms with Gasteiger partial charge in [-0.15, -0.1) is 10.2 Å². The SMILES string of the molecule is CCn1c(Cc2cccc(F)c2)nnc1S(=O)(=O)Cl. The minimum absolute atomic E-state index is 0.283. The van der Waals surface area contributed by atoms with Gasteiger partial charge in [-0.3, -0.25) is 0 Å². The number of hydrogen-bond acceptors (Lipinski definition) is 4. The summed E-state index contributed by atoms with van der Waals surface area (Å²) in [4.78, 5) is 0. The van der Waals surface area contributed by atoms with Gasteiger partial charge in [0, 0.05) is 23.6 Å². The highest BCUT2D eigenvalue weighted by Crippen LogP contribution is 2.16. The summed E-state index contributed by atoms with van der Waals surface area (Å²) in [6.07, 6.45) is 0.283. The molecule has 1 heterocycles. The molecular weight excluding hydrogens is 293 g/mol. The molecule has 0 amide bonds. The fourth-order valence-electron chi connectivity index (χ4n) is 1.78. The molecule has 0 N–H and O–H groups in total. The van der Waals surface area contributed by atoms with Gasteiger partial charge in [0.2, 0.25) is 0 Å². The maximum Gasteiger partial charge on any atom is 0.296 e. The van der Waals surface area contributed by atoms with Gasteiger partial charge in [-0.1, -0.05) is 12.1 Å². The molecule has 2 rings (SSSR count). The Morgan fingerprint density at radius 3 is 2.68 bits per heavy atom. The van der Waals surface area contributed by atoms with Crippen molar-refractivity contribution in [1.29, 1.82) is 0 Å². The van der Waals surface area contributed by atoms with E-state index in [2.05, 4.69) is 10.2 Å². The molecular formula is C11H11ClFN3O2S. The Balaban J connectivity index is 2.39. The Kier molecular flexibility index (Phi) is 3.86. The normalized spacial score (nSPS) is 11.7. The van der Waals surface area contributed by atoms with Gasteiger partial charge >= 0.3 is 0 Å². The summed E-state index contributed by atoms with van der Waals surface area (Å²) in [6, 6.07) is 6.01. The minimum atomic E-state index is -3.94. The molecule has 0 aliphatic carbocycles. The lowest BCUT2D eigenvalue weighted by Gasteiger charge is -2.05. The zero-order valence-corrected chi connectivity index (χ0v) is 11.6. The Morgan fingerprint density at radius 1 is 1.37 bits per heavy atom. The lowest BCUT2D eigenvalue weighted by Crippen LogP contribution is -2.08. The van der Waals surface area contributed by atoms with E-state index in [4.69, 9.17) is 10.7 Å². The van der Waals surface area contributed by atoms with E-state index in [1.165, 1.54) is 16.7 Å². The number of rotatable bonds is 4. The molecule has 0 saturated heterocycles. The van der Waals surface area contributed by atoms with Crippen LogP contribution in [0.4, 0.5) is 4.39 Å². The zero-order chi connectivity index (χ0) is 14.0. The van der Waals surface area contributed by atoms with Crippen molar-refractivity contribution in [2.45, 2.75) is 25.0 Å². The fourth-order valence-corrected chi connectivity index (χ4v) is 2.76. The van der Waals surface area contributed by atoms with E-state index in [0.717, 1.165) is 0 Å². The second-order valence-electron chi connectivity index (χ2n) is 3.89. The summed E-state index contributed by atoms with van der Waals surface area (Å²) in [5, 5.41) is 7.09. The standard InChI is InChI=1S/C11H11ClFN3O2S/c1-2-16-10(14-15-11(16)19(12,17)18)7-8-4-3-5-9(13)6-8/h3-6H,2,7H2,1H3. The number of nitrogens with zero attached hydrogens (tertiary/aromatic N) is 3. The fraction of sp³-hybridized carbons (Fsp3) is 0.273. The second kappa shape index (κ2) is 5.26. The Bertz CT molecular complexity index is 700. The summed E-state index contributed by atoms with van der Waals surface area (Å²) in [5.74, 6) is 0.0672. The van der Waals surface area contributed by atoms with E-state index >= 15 is 0 Å². The quantitative estimate of drug-likeness (QED) is 0.810. The maximum atomic E-state index is 13.1. The topological polar surface area (TPSA) is 64.8 Å². The Hall–Kier alpha value is -1.47. The molecule has 5 nitrogen and oxygen atoms in total. The average Bonchev–Trinajstić information content (AvgIpc) is 2.71. The van der Waals surface area contributed by atoms with Gasteiger partial charge in [0.15, 0.2) is 0 Å². The molecule has 0 fully saturated rings. The van der Waals surface area contributed by atoms with E-state index in [0.29, 0.717) is 17.9 Å². The van der Waals surface area contributed by atoms with Gasteiger partial charge in [0.05, 0.1) is 0 Å². The van der Waals surface area contributed by atoms with Crippen molar-refractivity contribution in [3.05, 3.63) is 41.5 Å². The average molecular weight is 304 g/mol. The van der Waals surface area contributed by atoms with Crippen LogP contribution in [-0.4, -0.2) is 23.2 Å². The van der Waals surface area contributed by atoms with Crippen LogP contribution in [0.15, 0.2) is 29.4 Å². The highest BCUT2D eigenvalue weighted by Gasteiger charge is 2.21. The van der Waals surface area contributed by atoms with Crippen molar-refractivity contribution >= 4 is 19.7 Å². The largest absolute Gasteiger partial charge is 0.301 e. The molecule has 102 valence electrons. The molecule has 8 heteroatoms. The molecule has 0 spiro atoms. The third kappa shape index (κ3) is 3.10. The van der Waals surface area contributed by atoms with Gasteiger partial charge in [0.1, 0.15) is 11.6 Å². The van der Waals surface area contributed by atoms with Crippen LogP contribution in [0.1, 0.15) is 18.3 Å². The van der Waals surface area contributed by atoms with Gasteiger partial charge in [0.25, 0.3) is 14.2 Å². The molecule has 0 unspecified atom stereocenters. The number of hydrogen-bond donors (Lipinski definition) is 0. The van der Waals surface area contributed by atoms with E-state index in [1.807, 2.05) is 0 Å². The molecule has 0 aliphatic heterocycles. The van der Waals surface area contributed by atoms with E-state index < -0.39 is 9.05 Å². The van der Waals surface area contributed by atoms with Crippen molar-refractivity contribution in [2.24, 2.45) is 0 Å². The van der Waals surface area contributed by atoms with Gasteiger partial charge < -0.3 is 4.57 Å². The summed E-state index contributed by atoms with van der Waals surface area (Å²) < 4.78 is 37.1. The maximum absolute atomic E-state index is 13.1. The first-order valence-corrected chi connectivity index (χ1v) is 7.84. The number of halogens is 2. The van der Waals surface area contributed by atoms with Crippen molar-refractivity contribution in [3.63, 3.8) is 0 Å². The molecule has 0 aliphatic rings. The van der Waals surface area contributed by atoms with Crippen LogP contribution in [0.5, 0.6) is 0 Å². The summed E-state index contributed by atoms with van der Waals surface area (Å²) in [5.41, 5.74) is 0.681. The molecule has 1 aromatic carbocycles. The first-order valence-electron chi connectivity index (χ1n) is 5.53. The Morgan fingerprint density at radius 2 is 2.11 bits per heavy atom. The Labute approximate surface area is 114 Å². The lowest BCUT2D eigenvalue weighted by molar-refractivity contribution is 0.576. The number of aromatic nitrogens is 3. The molecule has 0 radical (unpaired) electrons. The van der Waals surface area contributed by atoms with Crippen LogP contribution >= 0.6 is 10.7 Å². The molecule has 1 aromatic heterocycles. The van der Waals surface area contributed by atoms with Crippen molar-refractivity contribution < 1.29 is 12.8 Å². The lowest BCUT2D eigenvalue weighted by atomic mass is 10.1. The van der Waals surface area contributed by atoms with E-state index in [1.54, 1.807) is 19.1 Å². The van der Waals surface area contributed by atoms with Crippen molar-refractivity contribution in [2.75, 3.05) is 0 Å². The molecule has 2 aromatic rings. The van der Waals surface area contributed by atoms with Gasteiger partial charge in [-0.2, -0.15) is 0 Å². The minimum Gasteiger partial charge on any atom is -0.301 e. The smallest absolute Gasteiger partial charge is 0.296 e. The predicted molar refractivity (Wildman–Crippen MR) is 67.9 cm³/mol. The molecule has 0 bridgehead atoms. The van der Waals surface area contributed by atoms with Crippen LogP contribution in [0, 0.1) is 5.82 Å². The van der Waals surface area contributed by atoms with Crippen LogP contribution < -0.4 is 0 Å². The summed E-state index contributed by atoms with van der Waals surface area (Å²) >= 11 is 0. The van der Waals surface area contributed by atoms with Gasteiger partial charge in [-0.25, -0.2) is 12.8 Å². The summed E-state index contributed by atoms with van der Waals surface area (Å²) in [6.45, 7) is 2.11. The highest BCUT2D eigenvalue weighted by atomic mass is 35.7. The van der Waals surface area contributed by atoms with E-state index in [9.17, 15) is 12.8 Å².